The number of nitrogens with zero attached hydrogens (tertiary/aromatic N) is 1. The van der Waals surface area contributed by atoms with Gasteiger partial charge >= 0.3 is 0 Å². The minimum atomic E-state index is 0.170. The summed E-state index contributed by atoms with van der Waals surface area (Å²) in [5.41, 5.74) is 2.25. The Morgan fingerprint density at radius 2 is 2.18 bits per heavy atom. The van der Waals surface area contributed by atoms with Crippen LogP contribution in [0.15, 0.2) is 22.6 Å². The minimum absolute atomic E-state index is 0.170. The molecule has 90 valence electrons. The molecule has 0 saturated heterocycles. The van der Waals surface area contributed by atoms with Crippen molar-refractivity contribution in [1.82, 2.24) is 4.98 Å². The quantitative estimate of drug-likeness (QED) is 0.749. The van der Waals surface area contributed by atoms with Gasteiger partial charge in [0, 0.05) is 17.9 Å². The maximum Gasteiger partial charge on any atom is 0.198 e. The van der Waals surface area contributed by atoms with Gasteiger partial charge in [-0.25, -0.2) is 4.98 Å². The van der Waals surface area contributed by atoms with Gasteiger partial charge in [0.2, 0.25) is 0 Å². The van der Waals surface area contributed by atoms with Crippen LogP contribution >= 0.6 is 0 Å². The molecule has 0 aliphatic rings. The van der Waals surface area contributed by atoms with Gasteiger partial charge < -0.3 is 4.42 Å². The zero-order chi connectivity index (χ0) is 12.4. The van der Waals surface area contributed by atoms with Crippen LogP contribution in [0.3, 0.4) is 0 Å². The molecule has 0 amide bonds. The first-order valence-electron chi connectivity index (χ1n) is 6.05. The van der Waals surface area contributed by atoms with Gasteiger partial charge in [0.05, 0.1) is 0 Å². The van der Waals surface area contributed by atoms with Gasteiger partial charge in [-0.2, -0.15) is 0 Å². The molecule has 1 heterocycles. The molecule has 3 heteroatoms. The number of hydrogen-bond donors (Lipinski definition) is 0. The average Bonchev–Trinajstić information content (AvgIpc) is 2.71. The Hall–Kier alpha value is -1.64. The van der Waals surface area contributed by atoms with E-state index in [1.807, 2.05) is 39.0 Å². The van der Waals surface area contributed by atoms with Gasteiger partial charge in [-0.1, -0.05) is 20.8 Å². The van der Waals surface area contributed by atoms with Crippen molar-refractivity contribution in [3.8, 4) is 0 Å². The molecular formula is C14H17NO2. The van der Waals surface area contributed by atoms with Crippen molar-refractivity contribution in [2.45, 2.75) is 39.5 Å². The molecule has 1 aromatic heterocycles. The van der Waals surface area contributed by atoms with Crippen molar-refractivity contribution in [3.05, 3.63) is 29.7 Å². The van der Waals surface area contributed by atoms with Crippen LogP contribution in [0, 0.1) is 0 Å². The first kappa shape index (κ1) is 11.8. The Morgan fingerprint density at radius 1 is 1.41 bits per heavy atom. The molecule has 0 N–H and O–H groups in total. The summed E-state index contributed by atoms with van der Waals surface area (Å²) >= 11 is 0. The number of ketones is 1. The summed E-state index contributed by atoms with van der Waals surface area (Å²) < 4.78 is 5.60. The molecule has 0 radical (unpaired) electrons. The van der Waals surface area contributed by atoms with E-state index in [2.05, 4.69) is 4.98 Å². The van der Waals surface area contributed by atoms with Crippen LogP contribution in [0.25, 0.3) is 11.1 Å². The molecular weight excluding hydrogens is 214 g/mol. The van der Waals surface area contributed by atoms with Gasteiger partial charge in [0.1, 0.15) is 5.52 Å². The molecule has 17 heavy (non-hydrogen) atoms. The molecule has 0 bridgehead atoms. The summed E-state index contributed by atoms with van der Waals surface area (Å²) in [6, 6.07) is 5.47. The summed E-state index contributed by atoms with van der Waals surface area (Å²) in [6.45, 7) is 6.07. The van der Waals surface area contributed by atoms with E-state index in [-0.39, 0.29) is 11.7 Å². The highest BCUT2D eigenvalue weighted by atomic mass is 16.3. The Kier molecular flexibility index (Phi) is 3.27. The first-order chi connectivity index (χ1) is 8.11. The molecule has 2 rings (SSSR count). The predicted octanol–water partition coefficient (Wildman–Crippen LogP) is 3.93. The summed E-state index contributed by atoms with van der Waals surface area (Å²) in [5.74, 6) is 1.15. The summed E-state index contributed by atoms with van der Waals surface area (Å²) in [6.07, 6.45) is 1.45. The second-order valence-corrected chi connectivity index (χ2v) is 4.56. The highest BCUT2D eigenvalue weighted by Crippen LogP contribution is 2.22. The molecule has 1 aromatic carbocycles. The van der Waals surface area contributed by atoms with Crippen LogP contribution in [0.2, 0.25) is 0 Å². The van der Waals surface area contributed by atoms with Crippen molar-refractivity contribution in [2.24, 2.45) is 0 Å². The predicted molar refractivity (Wildman–Crippen MR) is 67.3 cm³/mol. The minimum Gasteiger partial charge on any atom is -0.440 e. The maximum atomic E-state index is 11.8. The van der Waals surface area contributed by atoms with Crippen LogP contribution in [-0.4, -0.2) is 10.8 Å². The Labute approximate surface area is 101 Å². The molecule has 0 saturated carbocycles. The van der Waals surface area contributed by atoms with E-state index in [9.17, 15) is 4.79 Å². The number of Topliss-reactive ketones (excluding diaryl/α,β-unsaturated/α-hetero) is 1. The second-order valence-electron chi connectivity index (χ2n) is 4.56. The van der Waals surface area contributed by atoms with Crippen LogP contribution in [0.5, 0.6) is 0 Å². The molecule has 0 atom stereocenters. The topological polar surface area (TPSA) is 43.1 Å². The van der Waals surface area contributed by atoms with Gasteiger partial charge in [-0.15, -0.1) is 0 Å². The zero-order valence-corrected chi connectivity index (χ0v) is 10.5. The number of benzene rings is 1. The van der Waals surface area contributed by atoms with E-state index in [4.69, 9.17) is 4.42 Å². The number of fused-ring (bicyclic) bond motifs is 1. The number of aromatic nitrogens is 1. The van der Waals surface area contributed by atoms with Crippen molar-refractivity contribution < 1.29 is 9.21 Å². The Morgan fingerprint density at radius 3 is 2.82 bits per heavy atom. The fourth-order valence-electron chi connectivity index (χ4n) is 1.74. The van der Waals surface area contributed by atoms with Crippen molar-refractivity contribution >= 4 is 16.9 Å². The second kappa shape index (κ2) is 4.70. The van der Waals surface area contributed by atoms with Crippen LogP contribution in [0.1, 0.15) is 55.8 Å². The normalized spacial score (nSPS) is 11.3. The van der Waals surface area contributed by atoms with Crippen molar-refractivity contribution in [2.75, 3.05) is 0 Å². The highest BCUT2D eigenvalue weighted by molar-refractivity contribution is 5.98. The third-order valence-electron chi connectivity index (χ3n) is 2.70. The fourth-order valence-corrected chi connectivity index (χ4v) is 1.74. The molecule has 3 nitrogen and oxygen atoms in total. The SMILES string of the molecule is CCCC(=O)c1ccc2oc(C(C)C)nc2c1. The molecule has 2 aromatic rings. The molecule has 0 fully saturated rings. The van der Waals surface area contributed by atoms with Gasteiger partial charge in [-0.05, 0) is 24.6 Å². The number of hydrogen-bond acceptors (Lipinski definition) is 3. The van der Waals surface area contributed by atoms with E-state index >= 15 is 0 Å². The molecule has 0 aliphatic carbocycles. The third-order valence-corrected chi connectivity index (χ3v) is 2.70. The smallest absolute Gasteiger partial charge is 0.198 e. The van der Waals surface area contributed by atoms with E-state index in [0.717, 1.165) is 29.0 Å². The summed E-state index contributed by atoms with van der Waals surface area (Å²) in [5, 5.41) is 0. The van der Waals surface area contributed by atoms with E-state index in [1.165, 1.54) is 0 Å². The zero-order valence-electron chi connectivity index (χ0n) is 10.5. The van der Waals surface area contributed by atoms with Crippen LogP contribution in [0.4, 0.5) is 0 Å². The molecule has 0 spiro atoms. The standard InChI is InChI=1S/C14H17NO2/c1-4-5-12(16)10-6-7-13-11(8-10)15-14(17-13)9(2)3/h6-9H,4-5H2,1-3H3. The Bertz CT molecular complexity index is 540. The average molecular weight is 231 g/mol. The number of oxazole rings is 1. The van der Waals surface area contributed by atoms with E-state index < -0.39 is 0 Å². The first-order valence-corrected chi connectivity index (χ1v) is 6.05. The lowest BCUT2D eigenvalue weighted by Crippen LogP contribution is -1.97. The van der Waals surface area contributed by atoms with Gasteiger partial charge in [0.15, 0.2) is 17.3 Å². The lowest BCUT2D eigenvalue weighted by molar-refractivity contribution is 0.0982. The number of carbonyl (C=O) groups excluding carboxylic acids is 1. The van der Waals surface area contributed by atoms with E-state index in [0.29, 0.717) is 6.42 Å². The highest BCUT2D eigenvalue weighted by Gasteiger charge is 2.11. The molecule has 0 unspecified atom stereocenters. The molecule has 0 aliphatic heterocycles. The van der Waals surface area contributed by atoms with Crippen molar-refractivity contribution in [3.63, 3.8) is 0 Å². The summed E-state index contributed by atoms with van der Waals surface area (Å²) in [4.78, 5) is 16.2. The maximum absolute atomic E-state index is 11.8. The number of carbonyl (C=O) groups is 1. The van der Waals surface area contributed by atoms with Crippen LogP contribution in [-0.2, 0) is 0 Å². The third kappa shape index (κ3) is 2.38. The van der Waals surface area contributed by atoms with Gasteiger partial charge in [0.25, 0.3) is 0 Å². The van der Waals surface area contributed by atoms with Gasteiger partial charge in [-0.3, -0.25) is 4.79 Å². The lowest BCUT2D eigenvalue weighted by atomic mass is 10.1. The monoisotopic (exact) mass is 231 g/mol. The van der Waals surface area contributed by atoms with Crippen molar-refractivity contribution in [1.29, 1.82) is 0 Å². The fraction of sp³-hybridized carbons (Fsp3) is 0.429. The summed E-state index contributed by atoms with van der Waals surface area (Å²) in [7, 11) is 0. The largest absolute Gasteiger partial charge is 0.440 e. The number of rotatable bonds is 4. The lowest BCUT2D eigenvalue weighted by Gasteiger charge is -1.97. The van der Waals surface area contributed by atoms with E-state index in [1.54, 1.807) is 0 Å². The van der Waals surface area contributed by atoms with Crippen LogP contribution < -0.4 is 0 Å². The Balaban J connectivity index is 2.40.